The number of piperidine rings is 1. The van der Waals surface area contributed by atoms with E-state index in [9.17, 15) is 44.3 Å². The van der Waals surface area contributed by atoms with E-state index in [4.69, 9.17) is 15.7 Å². The predicted octanol–water partition coefficient (Wildman–Crippen LogP) is 8.37. The lowest BCUT2D eigenvalue weighted by molar-refractivity contribution is -0.143. The zero-order chi connectivity index (χ0) is 34.2. The van der Waals surface area contributed by atoms with Gasteiger partial charge in [-0.25, -0.2) is 10.2 Å². The van der Waals surface area contributed by atoms with Crippen molar-refractivity contribution in [3.05, 3.63) is 69.6 Å². The lowest BCUT2D eigenvalue weighted by atomic mass is 9.97. The molecule has 0 spiro atoms. The van der Waals surface area contributed by atoms with Crippen molar-refractivity contribution in [2.45, 2.75) is 70.0 Å². The maximum absolute atomic E-state index is 13.8. The van der Waals surface area contributed by atoms with Gasteiger partial charge in [-0.15, -0.1) is 0 Å². The summed E-state index contributed by atoms with van der Waals surface area (Å²) >= 11 is 0. The highest BCUT2D eigenvalue weighted by Crippen LogP contribution is 2.42. The predicted molar refractivity (Wildman–Crippen MR) is 146 cm³/mol. The summed E-state index contributed by atoms with van der Waals surface area (Å²) in [4.78, 5) is 17.4. The molecule has 2 fully saturated rings. The number of rotatable bonds is 7. The van der Waals surface area contributed by atoms with Crippen molar-refractivity contribution in [1.82, 2.24) is 9.80 Å². The molecule has 9 nitrogen and oxygen atoms in total. The monoisotopic (exact) mass is 666 g/mol. The van der Waals surface area contributed by atoms with Gasteiger partial charge in [0.1, 0.15) is 6.10 Å². The van der Waals surface area contributed by atoms with Crippen LogP contribution >= 0.6 is 0 Å². The van der Waals surface area contributed by atoms with E-state index in [2.05, 4.69) is 10.6 Å². The van der Waals surface area contributed by atoms with Gasteiger partial charge in [0, 0.05) is 18.3 Å². The van der Waals surface area contributed by atoms with Crippen LogP contribution in [0.15, 0.2) is 41.6 Å². The Morgan fingerprint density at radius 2 is 1.52 bits per heavy atom. The molecule has 2 aliphatic heterocycles. The third-order valence-corrected chi connectivity index (χ3v) is 8.08. The van der Waals surface area contributed by atoms with E-state index in [0.29, 0.717) is 50.3 Å². The number of hydrogen-bond donors (Lipinski definition) is 2. The SMILES string of the molecule is CCN(c1ccc(C(F)(F)F)cc1CN1C(=O)O[C@H](c2cc(C(F)(F)F)cc(C(F)(F)F)c2)[C@@H]1C)C1CCN(C(=N)[N-]N=N)CC1. The maximum atomic E-state index is 13.8. The standard InChI is InChI=1S/C28H29F9N7O2/c1-3-43(21-6-8-42(9-7-21)24(38)40-41-39)22-5-4-18(26(29,30)31)12-17(22)14-44-15(2)23(46-25(44)45)16-10-19(27(32,33)34)13-20(11-16)28(35,36)37/h4-5,10-13,15,21,23H,3,6-9,14H2,1-2H3,(H2-,38,39,40)/q-1/t15-,23-/m0/s1. The maximum Gasteiger partial charge on any atom is 0.416 e. The minimum atomic E-state index is -5.14. The second kappa shape index (κ2) is 12.9. The topological polar surface area (TPSA) is 110 Å². The number of amides is 1. The van der Waals surface area contributed by atoms with E-state index in [1.165, 1.54) is 13.0 Å². The van der Waals surface area contributed by atoms with Gasteiger partial charge in [-0.1, -0.05) is 0 Å². The Hall–Kier alpha value is -4.25. The first-order chi connectivity index (χ1) is 21.3. The van der Waals surface area contributed by atoms with Gasteiger partial charge in [0.05, 0.1) is 35.2 Å². The summed E-state index contributed by atoms with van der Waals surface area (Å²) in [6.07, 6.45) is -16.8. The summed E-state index contributed by atoms with van der Waals surface area (Å²) < 4.78 is 127. The molecule has 2 aromatic carbocycles. The fourth-order valence-corrected chi connectivity index (χ4v) is 5.78. The molecule has 0 unspecified atom stereocenters. The number of cyclic esters (lactones) is 1. The molecule has 2 atom stereocenters. The number of benzene rings is 2. The number of ether oxygens (including phenoxy) is 1. The Balaban J connectivity index is 1.67. The Labute approximate surface area is 257 Å². The van der Waals surface area contributed by atoms with E-state index >= 15 is 0 Å². The smallest absolute Gasteiger partial charge is 0.416 e. The first-order valence-electron chi connectivity index (χ1n) is 14.0. The zero-order valence-electron chi connectivity index (χ0n) is 24.4. The van der Waals surface area contributed by atoms with Crippen LogP contribution in [-0.2, 0) is 29.8 Å². The van der Waals surface area contributed by atoms with Crippen LogP contribution in [0.25, 0.3) is 5.43 Å². The Bertz CT molecular complexity index is 1420. The highest BCUT2D eigenvalue weighted by Gasteiger charge is 2.44. The number of guanidine groups is 1. The summed E-state index contributed by atoms with van der Waals surface area (Å²) in [5.41, 5.74) is 5.82. The summed E-state index contributed by atoms with van der Waals surface area (Å²) in [6, 6.07) is 2.50. The molecule has 18 heteroatoms. The second-order valence-corrected chi connectivity index (χ2v) is 10.9. The lowest BCUT2D eigenvalue weighted by Crippen LogP contribution is -2.47. The van der Waals surface area contributed by atoms with Crippen molar-refractivity contribution in [3.8, 4) is 0 Å². The first-order valence-corrected chi connectivity index (χ1v) is 14.0. The van der Waals surface area contributed by atoms with Crippen LogP contribution in [0.2, 0.25) is 0 Å². The van der Waals surface area contributed by atoms with Crippen LogP contribution in [0.3, 0.4) is 0 Å². The fourth-order valence-electron chi connectivity index (χ4n) is 5.78. The number of alkyl halides is 9. The van der Waals surface area contributed by atoms with Gasteiger partial charge >= 0.3 is 24.6 Å². The van der Waals surface area contributed by atoms with Crippen molar-refractivity contribution < 1.29 is 49.0 Å². The number of anilines is 1. The van der Waals surface area contributed by atoms with Crippen LogP contribution < -0.4 is 4.90 Å². The van der Waals surface area contributed by atoms with Gasteiger partial charge in [0.15, 0.2) is 0 Å². The minimum Gasteiger partial charge on any atom is -0.439 e. The highest BCUT2D eigenvalue weighted by atomic mass is 19.4. The minimum absolute atomic E-state index is 0.0410. The van der Waals surface area contributed by atoms with E-state index in [0.717, 1.165) is 17.0 Å². The molecule has 0 saturated carbocycles. The molecule has 2 N–H and O–H groups in total. The van der Waals surface area contributed by atoms with Gasteiger partial charge < -0.3 is 19.9 Å². The number of nitrogens with one attached hydrogen (secondary N) is 2. The molecule has 0 aliphatic carbocycles. The number of nitrogens with zero attached hydrogens (tertiary/aromatic N) is 5. The third kappa shape index (κ3) is 7.41. The number of carbonyl (C=O) groups excluding carboxylic acids is 1. The van der Waals surface area contributed by atoms with Crippen LogP contribution in [0.5, 0.6) is 0 Å². The van der Waals surface area contributed by atoms with Gasteiger partial charge in [0.25, 0.3) is 0 Å². The molecule has 2 saturated heterocycles. The molecule has 2 aliphatic rings. The number of hydrogen-bond acceptors (Lipinski definition) is 6. The molecule has 46 heavy (non-hydrogen) atoms. The molecule has 0 aromatic heterocycles. The van der Waals surface area contributed by atoms with Crippen LogP contribution in [0.4, 0.5) is 50.0 Å². The van der Waals surface area contributed by atoms with E-state index < -0.39 is 65.6 Å². The third-order valence-electron chi connectivity index (χ3n) is 8.08. The average molecular weight is 667 g/mol. The number of carbonyl (C=O) groups is 1. The molecule has 1 amide bonds. The number of likely N-dealkylation sites (tertiary alicyclic amines) is 1. The summed E-state index contributed by atoms with van der Waals surface area (Å²) in [7, 11) is 0. The molecule has 2 aromatic rings. The number of halogens is 9. The Morgan fingerprint density at radius 3 is 2.02 bits per heavy atom. The molecule has 0 radical (unpaired) electrons. The Morgan fingerprint density at radius 1 is 0.957 bits per heavy atom. The molecule has 252 valence electrons. The van der Waals surface area contributed by atoms with E-state index in [1.54, 1.807) is 11.8 Å². The van der Waals surface area contributed by atoms with Crippen molar-refractivity contribution >= 4 is 17.7 Å². The van der Waals surface area contributed by atoms with Gasteiger partial charge in [-0.2, -0.15) is 44.7 Å². The summed E-state index contributed by atoms with van der Waals surface area (Å²) in [5, 5.41) is 10.7. The average Bonchev–Trinajstić information content (AvgIpc) is 3.25. The molecule has 2 heterocycles. The van der Waals surface area contributed by atoms with Crippen molar-refractivity contribution in [3.63, 3.8) is 0 Å². The highest BCUT2D eigenvalue weighted by molar-refractivity contribution is 5.88. The molecular weight excluding hydrogens is 637 g/mol. The van der Waals surface area contributed by atoms with Crippen LogP contribution in [0, 0.1) is 10.9 Å². The van der Waals surface area contributed by atoms with Gasteiger partial charge in [0.2, 0.25) is 0 Å². The summed E-state index contributed by atoms with van der Waals surface area (Å²) in [5.74, 6) is -0.203. The zero-order valence-corrected chi connectivity index (χ0v) is 24.4. The van der Waals surface area contributed by atoms with Crippen molar-refractivity contribution in [2.24, 2.45) is 5.22 Å². The van der Waals surface area contributed by atoms with Crippen molar-refractivity contribution in [2.75, 3.05) is 24.5 Å². The van der Waals surface area contributed by atoms with Gasteiger partial charge in [-0.3, -0.25) is 10.4 Å². The largest absolute Gasteiger partial charge is 0.439 e. The fraction of sp³-hybridized carbons (Fsp3) is 0.500. The second-order valence-electron chi connectivity index (χ2n) is 10.9. The normalized spacial score (nSPS) is 19.7. The van der Waals surface area contributed by atoms with Crippen LogP contribution in [0.1, 0.15) is 60.6 Å². The quantitative estimate of drug-likeness (QED) is 0.102. The van der Waals surface area contributed by atoms with Crippen molar-refractivity contribution in [1.29, 1.82) is 10.9 Å². The molecule has 0 bridgehead atoms. The Kier molecular flexibility index (Phi) is 9.68. The first kappa shape index (κ1) is 34.6. The van der Waals surface area contributed by atoms with E-state index in [-0.39, 0.29) is 23.6 Å². The summed E-state index contributed by atoms with van der Waals surface area (Å²) in [6.45, 7) is 3.66. The van der Waals surface area contributed by atoms with Gasteiger partial charge in [-0.05, 0) is 87.3 Å². The molecular formula is C28H29F9N7O2-. The molecule has 4 rings (SSSR count). The van der Waals surface area contributed by atoms with Crippen LogP contribution in [-0.4, -0.2) is 53.6 Å². The van der Waals surface area contributed by atoms with E-state index in [1.807, 2.05) is 4.90 Å². The lowest BCUT2D eigenvalue weighted by Gasteiger charge is -2.43.